The minimum absolute atomic E-state index is 0.0477. The number of benzene rings is 1. The van der Waals surface area contributed by atoms with Gasteiger partial charge in [0.05, 0.1) is 11.1 Å². The Labute approximate surface area is 117 Å². The molecule has 0 fully saturated rings. The molecular formula is C10H8N4O6S. The quantitative estimate of drug-likeness (QED) is 0.545. The number of aromatic amines is 1. The molecule has 2 aromatic rings. The molecule has 110 valence electrons. The summed E-state index contributed by atoms with van der Waals surface area (Å²) in [6, 6.07) is 4.60. The molecule has 10 nitrogen and oxygen atoms in total. The maximum Gasteiger partial charge on any atom is 0.340 e. The molecule has 0 amide bonds. The zero-order chi connectivity index (χ0) is 15.6. The number of carbonyl (C=O) groups is 1. The molecule has 1 aromatic carbocycles. The van der Waals surface area contributed by atoms with E-state index in [1.54, 1.807) is 0 Å². The second kappa shape index (κ2) is 5.20. The van der Waals surface area contributed by atoms with E-state index in [0.29, 0.717) is 0 Å². The zero-order valence-corrected chi connectivity index (χ0v) is 11.0. The van der Waals surface area contributed by atoms with E-state index >= 15 is 0 Å². The van der Waals surface area contributed by atoms with Gasteiger partial charge in [-0.1, -0.05) is 0 Å². The maximum absolute atomic E-state index is 12.0. The molecule has 3 N–H and O–H groups in total. The SMILES string of the molecule is O=C(O)c1cn[nH]c1S(=O)(=O)Nc1ccc([N+](=O)[O-])cc1. The van der Waals surface area contributed by atoms with Crippen molar-refractivity contribution in [3.05, 3.63) is 46.1 Å². The van der Waals surface area contributed by atoms with E-state index in [0.717, 1.165) is 18.3 Å². The number of hydrogen-bond acceptors (Lipinski definition) is 6. The third-order valence-corrected chi connectivity index (χ3v) is 3.79. The van der Waals surface area contributed by atoms with E-state index in [4.69, 9.17) is 5.11 Å². The highest BCUT2D eigenvalue weighted by Crippen LogP contribution is 2.20. The average molecular weight is 312 g/mol. The Balaban J connectivity index is 2.31. The number of aromatic carboxylic acids is 1. The number of carboxylic acids is 1. The molecule has 1 heterocycles. The number of nitrogens with one attached hydrogen (secondary N) is 2. The minimum Gasteiger partial charge on any atom is -0.478 e. The molecule has 21 heavy (non-hydrogen) atoms. The van der Waals surface area contributed by atoms with Crippen molar-refractivity contribution in [3.8, 4) is 0 Å². The largest absolute Gasteiger partial charge is 0.478 e. The highest BCUT2D eigenvalue weighted by Gasteiger charge is 2.25. The number of nitro groups is 1. The number of aromatic nitrogens is 2. The molecule has 2 rings (SSSR count). The fourth-order valence-corrected chi connectivity index (χ4v) is 2.64. The van der Waals surface area contributed by atoms with Crippen LogP contribution < -0.4 is 4.72 Å². The molecule has 0 spiro atoms. The van der Waals surface area contributed by atoms with Crippen molar-refractivity contribution >= 4 is 27.4 Å². The van der Waals surface area contributed by atoms with Gasteiger partial charge < -0.3 is 5.11 Å². The van der Waals surface area contributed by atoms with E-state index in [-0.39, 0.29) is 11.4 Å². The van der Waals surface area contributed by atoms with Gasteiger partial charge in [-0.3, -0.25) is 19.9 Å². The fourth-order valence-electron chi connectivity index (χ4n) is 1.49. The number of H-pyrrole nitrogens is 1. The van der Waals surface area contributed by atoms with Crippen LogP contribution in [-0.2, 0) is 10.0 Å². The lowest BCUT2D eigenvalue weighted by molar-refractivity contribution is -0.384. The van der Waals surface area contributed by atoms with E-state index in [1.165, 1.54) is 12.1 Å². The van der Waals surface area contributed by atoms with E-state index in [1.807, 2.05) is 0 Å². The van der Waals surface area contributed by atoms with Crippen LogP contribution in [-0.4, -0.2) is 34.6 Å². The number of nitro benzene ring substituents is 1. The lowest BCUT2D eigenvalue weighted by Gasteiger charge is -2.06. The summed E-state index contributed by atoms with van der Waals surface area (Å²) in [5, 5.41) is 24.2. The summed E-state index contributed by atoms with van der Waals surface area (Å²) in [7, 11) is -4.20. The number of sulfonamides is 1. The van der Waals surface area contributed by atoms with Crippen molar-refractivity contribution in [1.29, 1.82) is 0 Å². The Bertz CT molecular complexity index is 795. The zero-order valence-electron chi connectivity index (χ0n) is 10.2. The van der Waals surface area contributed by atoms with Crippen LogP contribution in [0.5, 0.6) is 0 Å². The van der Waals surface area contributed by atoms with Gasteiger partial charge in [0.25, 0.3) is 15.7 Å². The molecule has 0 saturated heterocycles. The van der Waals surface area contributed by atoms with Crippen molar-refractivity contribution in [3.63, 3.8) is 0 Å². The Morgan fingerprint density at radius 2 is 1.95 bits per heavy atom. The van der Waals surface area contributed by atoms with Crippen LogP contribution in [0, 0.1) is 10.1 Å². The molecule has 1 aromatic heterocycles. The molecule has 0 aliphatic heterocycles. The first kappa shape index (κ1) is 14.5. The van der Waals surface area contributed by atoms with Gasteiger partial charge in [0.2, 0.25) is 0 Å². The molecule has 0 aliphatic carbocycles. The summed E-state index contributed by atoms with van der Waals surface area (Å²) in [5.41, 5.74) is -0.665. The summed E-state index contributed by atoms with van der Waals surface area (Å²) in [6.07, 6.45) is 0.868. The van der Waals surface area contributed by atoms with Gasteiger partial charge in [0, 0.05) is 17.8 Å². The monoisotopic (exact) mass is 312 g/mol. The van der Waals surface area contributed by atoms with Crippen molar-refractivity contribution < 1.29 is 23.2 Å². The standard InChI is InChI=1S/C10H8N4O6S/c15-10(16)8-5-11-12-9(8)21(19,20)13-6-1-3-7(4-2-6)14(17)18/h1-5,13H,(H,11,12)(H,15,16). The lowest BCUT2D eigenvalue weighted by Crippen LogP contribution is -2.16. The van der Waals surface area contributed by atoms with E-state index in [2.05, 4.69) is 14.9 Å². The summed E-state index contributed by atoms with van der Waals surface area (Å²) in [6.45, 7) is 0. The number of non-ortho nitro benzene ring substituents is 1. The smallest absolute Gasteiger partial charge is 0.340 e. The lowest BCUT2D eigenvalue weighted by atomic mass is 10.3. The molecule has 11 heteroatoms. The van der Waals surface area contributed by atoms with Gasteiger partial charge >= 0.3 is 5.97 Å². The number of rotatable bonds is 5. The van der Waals surface area contributed by atoms with Crippen molar-refractivity contribution in [2.45, 2.75) is 5.03 Å². The molecular weight excluding hydrogens is 304 g/mol. The number of anilines is 1. The number of nitrogens with zero attached hydrogens (tertiary/aromatic N) is 2. The second-order valence-corrected chi connectivity index (χ2v) is 5.45. The highest BCUT2D eigenvalue weighted by molar-refractivity contribution is 7.92. The summed E-state index contributed by atoms with van der Waals surface area (Å²) < 4.78 is 26.2. The van der Waals surface area contributed by atoms with Crippen molar-refractivity contribution in [2.75, 3.05) is 4.72 Å². The summed E-state index contributed by atoms with van der Waals surface area (Å²) in [4.78, 5) is 20.7. The van der Waals surface area contributed by atoms with Crippen LogP contribution in [0.4, 0.5) is 11.4 Å². The van der Waals surface area contributed by atoms with Gasteiger partial charge in [-0.25, -0.2) is 4.79 Å². The van der Waals surface area contributed by atoms with Crippen LogP contribution >= 0.6 is 0 Å². The Kier molecular flexibility index (Phi) is 3.58. The third-order valence-electron chi connectivity index (χ3n) is 2.43. The van der Waals surface area contributed by atoms with Crippen molar-refractivity contribution in [1.82, 2.24) is 10.2 Å². The molecule has 0 unspecified atom stereocenters. The van der Waals surface area contributed by atoms with Gasteiger partial charge in [0.15, 0.2) is 5.03 Å². The van der Waals surface area contributed by atoms with Crippen LogP contribution in [0.15, 0.2) is 35.5 Å². The van der Waals surface area contributed by atoms with E-state index in [9.17, 15) is 23.3 Å². The number of carboxylic acid groups (broad SMARTS) is 1. The molecule has 0 bridgehead atoms. The topological polar surface area (TPSA) is 155 Å². The predicted octanol–water partition coefficient (Wildman–Crippen LogP) is 0.817. The first-order valence-corrected chi connectivity index (χ1v) is 6.83. The fraction of sp³-hybridized carbons (Fsp3) is 0. The maximum atomic E-state index is 12.0. The first-order valence-electron chi connectivity index (χ1n) is 5.35. The molecule has 0 radical (unpaired) electrons. The Hall–Kier alpha value is -2.95. The third kappa shape index (κ3) is 2.97. The Morgan fingerprint density at radius 3 is 2.48 bits per heavy atom. The van der Waals surface area contributed by atoms with Crippen LogP contribution in [0.3, 0.4) is 0 Å². The molecule has 0 atom stereocenters. The van der Waals surface area contributed by atoms with E-state index < -0.39 is 31.5 Å². The first-order chi connectivity index (χ1) is 9.81. The second-order valence-electron chi connectivity index (χ2n) is 3.83. The van der Waals surface area contributed by atoms with Gasteiger partial charge in [-0.05, 0) is 12.1 Å². The van der Waals surface area contributed by atoms with Crippen LogP contribution in [0.2, 0.25) is 0 Å². The van der Waals surface area contributed by atoms with Crippen LogP contribution in [0.1, 0.15) is 10.4 Å². The average Bonchev–Trinajstić information content (AvgIpc) is 2.89. The minimum atomic E-state index is -4.20. The number of hydrogen-bond donors (Lipinski definition) is 3. The van der Waals surface area contributed by atoms with Crippen LogP contribution in [0.25, 0.3) is 0 Å². The highest BCUT2D eigenvalue weighted by atomic mass is 32.2. The molecule has 0 aliphatic rings. The predicted molar refractivity (Wildman–Crippen MR) is 69.5 cm³/mol. The van der Waals surface area contributed by atoms with Gasteiger partial charge in [0.1, 0.15) is 5.56 Å². The molecule has 0 saturated carbocycles. The summed E-state index contributed by atoms with van der Waals surface area (Å²) >= 11 is 0. The van der Waals surface area contributed by atoms with Gasteiger partial charge in [-0.2, -0.15) is 13.5 Å². The normalized spacial score (nSPS) is 11.0. The summed E-state index contributed by atoms with van der Waals surface area (Å²) in [5.74, 6) is -1.45. The van der Waals surface area contributed by atoms with Crippen molar-refractivity contribution in [2.24, 2.45) is 0 Å². The van der Waals surface area contributed by atoms with Gasteiger partial charge in [-0.15, -0.1) is 0 Å². The Morgan fingerprint density at radius 1 is 1.33 bits per heavy atom.